The van der Waals surface area contributed by atoms with Crippen molar-refractivity contribution in [2.75, 3.05) is 0 Å². The van der Waals surface area contributed by atoms with Crippen molar-refractivity contribution < 1.29 is 8.83 Å². The molecular weight excluding hydrogens is 588 g/mol. The van der Waals surface area contributed by atoms with Crippen molar-refractivity contribution >= 4 is 54.8 Å². The molecule has 0 saturated carbocycles. The van der Waals surface area contributed by atoms with Gasteiger partial charge in [0.15, 0.2) is 11.4 Å². The summed E-state index contributed by atoms with van der Waals surface area (Å²) in [5, 5.41) is 5.30. The SMILES string of the molecule is c1ccc(-c2ccc(-c3cc4c5cc(-c6nc(-c7ccccc7)c7oc8ccccc8c7n6)ccc5oc4c4ccccc34)cc2)cc1. The highest BCUT2D eigenvalue weighted by Gasteiger charge is 2.20. The molecule has 0 spiro atoms. The van der Waals surface area contributed by atoms with Gasteiger partial charge in [0.25, 0.3) is 0 Å². The Balaban J connectivity index is 1.18. The van der Waals surface area contributed by atoms with Gasteiger partial charge < -0.3 is 8.83 Å². The van der Waals surface area contributed by atoms with Crippen LogP contribution in [-0.2, 0) is 0 Å². The Morgan fingerprint density at radius 2 is 0.938 bits per heavy atom. The molecule has 0 unspecified atom stereocenters. The van der Waals surface area contributed by atoms with Crippen LogP contribution in [0.25, 0.3) is 99.7 Å². The Hall–Kier alpha value is -6.52. The Morgan fingerprint density at radius 3 is 1.73 bits per heavy atom. The van der Waals surface area contributed by atoms with Crippen molar-refractivity contribution in [3.8, 4) is 44.9 Å². The summed E-state index contributed by atoms with van der Waals surface area (Å²) in [4.78, 5) is 10.2. The number of aromatic nitrogens is 2. The Labute approximate surface area is 275 Å². The van der Waals surface area contributed by atoms with E-state index in [4.69, 9.17) is 18.8 Å². The van der Waals surface area contributed by atoms with Crippen molar-refractivity contribution in [1.82, 2.24) is 9.97 Å². The van der Waals surface area contributed by atoms with Gasteiger partial charge in [-0.25, -0.2) is 9.97 Å². The number of benzene rings is 7. The summed E-state index contributed by atoms with van der Waals surface area (Å²) in [7, 11) is 0. The standard InChI is InChI=1S/C44H26N2O2/c1-3-11-27(12-4-1)28-19-21-29(22-20-28)35-26-37-36-25-31(23-24-39(36)47-42(37)33-16-8-7-15-32(33)35)44-45-40(30-13-5-2-6-14-30)43-41(46-44)34-17-9-10-18-38(34)48-43/h1-26H. The van der Waals surface area contributed by atoms with Crippen molar-refractivity contribution in [1.29, 1.82) is 0 Å². The molecule has 0 bridgehead atoms. The summed E-state index contributed by atoms with van der Waals surface area (Å²) in [5.41, 5.74) is 11.4. The summed E-state index contributed by atoms with van der Waals surface area (Å²) >= 11 is 0. The fourth-order valence-corrected chi connectivity index (χ4v) is 6.96. The Morgan fingerprint density at radius 1 is 0.354 bits per heavy atom. The first-order valence-electron chi connectivity index (χ1n) is 16.1. The first-order chi connectivity index (χ1) is 23.8. The molecule has 0 N–H and O–H groups in total. The molecule has 4 heteroatoms. The van der Waals surface area contributed by atoms with Gasteiger partial charge in [-0.15, -0.1) is 0 Å². The van der Waals surface area contributed by atoms with Crippen LogP contribution in [0, 0.1) is 0 Å². The van der Waals surface area contributed by atoms with E-state index in [1.807, 2.05) is 54.6 Å². The molecule has 0 fully saturated rings. The van der Waals surface area contributed by atoms with Crippen LogP contribution < -0.4 is 0 Å². The number of hydrogen-bond donors (Lipinski definition) is 0. The number of nitrogens with zero attached hydrogens (tertiary/aromatic N) is 2. The second kappa shape index (κ2) is 10.5. The average molecular weight is 615 g/mol. The zero-order chi connectivity index (χ0) is 31.6. The Bertz CT molecular complexity index is 2810. The first kappa shape index (κ1) is 26.7. The Kier molecular flexibility index (Phi) is 5.84. The highest BCUT2D eigenvalue weighted by atomic mass is 16.3. The van der Waals surface area contributed by atoms with Crippen LogP contribution in [0.3, 0.4) is 0 Å². The minimum atomic E-state index is 0.640. The lowest BCUT2D eigenvalue weighted by atomic mass is 9.94. The van der Waals surface area contributed by atoms with Crippen LogP contribution in [-0.4, -0.2) is 9.97 Å². The third-order valence-corrected chi connectivity index (χ3v) is 9.31. The number of rotatable bonds is 4. The molecule has 0 amide bonds. The largest absolute Gasteiger partial charge is 0.455 e. The van der Waals surface area contributed by atoms with Gasteiger partial charge >= 0.3 is 0 Å². The summed E-state index contributed by atoms with van der Waals surface area (Å²) in [6, 6.07) is 54.5. The maximum absolute atomic E-state index is 6.58. The van der Waals surface area contributed by atoms with E-state index in [-0.39, 0.29) is 0 Å². The van der Waals surface area contributed by atoms with Crippen molar-refractivity contribution in [2.24, 2.45) is 0 Å². The van der Waals surface area contributed by atoms with Gasteiger partial charge in [-0.05, 0) is 64.0 Å². The fourth-order valence-electron chi connectivity index (χ4n) is 6.96. The smallest absolute Gasteiger partial charge is 0.180 e. The zero-order valence-corrected chi connectivity index (χ0v) is 25.7. The highest BCUT2D eigenvalue weighted by Crippen LogP contribution is 2.42. The molecule has 0 aliphatic rings. The number of furan rings is 2. The third kappa shape index (κ3) is 4.16. The molecule has 4 nitrogen and oxygen atoms in total. The summed E-state index contributed by atoms with van der Waals surface area (Å²) in [6.07, 6.45) is 0. The van der Waals surface area contributed by atoms with Crippen LogP contribution >= 0.6 is 0 Å². The van der Waals surface area contributed by atoms with Gasteiger partial charge in [-0.2, -0.15) is 0 Å². The van der Waals surface area contributed by atoms with Gasteiger partial charge in [0, 0.05) is 32.7 Å². The van der Waals surface area contributed by atoms with Crippen LogP contribution in [0.1, 0.15) is 0 Å². The molecule has 10 aromatic rings. The lowest BCUT2D eigenvalue weighted by Crippen LogP contribution is -1.93. The predicted molar refractivity (Wildman–Crippen MR) is 196 cm³/mol. The van der Waals surface area contributed by atoms with Crippen molar-refractivity contribution in [3.63, 3.8) is 0 Å². The molecule has 0 saturated heterocycles. The predicted octanol–water partition coefficient (Wildman–Crippen LogP) is 12.1. The first-order valence-corrected chi connectivity index (χ1v) is 16.1. The van der Waals surface area contributed by atoms with Crippen LogP contribution in [0.4, 0.5) is 0 Å². The molecule has 0 aliphatic heterocycles. The zero-order valence-electron chi connectivity index (χ0n) is 25.7. The van der Waals surface area contributed by atoms with E-state index in [1.165, 1.54) is 16.7 Å². The quantitative estimate of drug-likeness (QED) is 0.198. The molecule has 0 aliphatic carbocycles. The van der Waals surface area contributed by atoms with Gasteiger partial charge in [0.1, 0.15) is 28.0 Å². The highest BCUT2D eigenvalue weighted by molar-refractivity contribution is 6.19. The summed E-state index contributed by atoms with van der Waals surface area (Å²) in [5.74, 6) is 0.640. The molecule has 48 heavy (non-hydrogen) atoms. The molecule has 224 valence electrons. The molecule has 7 aromatic carbocycles. The molecular formula is C44H26N2O2. The van der Waals surface area contributed by atoms with E-state index in [0.717, 1.165) is 71.6 Å². The number of para-hydroxylation sites is 1. The lowest BCUT2D eigenvalue weighted by Gasteiger charge is -2.10. The normalized spacial score (nSPS) is 11.8. The van der Waals surface area contributed by atoms with Crippen LogP contribution in [0.2, 0.25) is 0 Å². The molecule has 3 aromatic heterocycles. The topological polar surface area (TPSA) is 52.1 Å². The van der Waals surface area contributed by atoms with E-state index >= 15 is 0 Å². The number of hydrogen-bond acceptors (Lipinski definition) is 4. The van der Waals surface area contributed by atoms with Crippen LogP contribution in [0.15, 0.2) is 167 Å². The van der Waals surface area contributed by atoms with Gasteiger partial charge in [-0.1, -0.05) is 121 Å². The second-order valence-corrected chi connectivity index (χ2v) is 12.1. The molecule has 3 heterocycles. The fraction of sp³-hybridized carbons (Fsp3) is 0. The maximum atomic E-state index is 6.58. The van der Waals surface area contributed by atoms with E-state index in [9.17, 15) is 0 Å². The molecule has 10 rings (SSSR count). The minimum Gasteiger partial charge on any atom is -0.455 e. The average Bonchev–Trinajstić information content (AvgIpc) is 3.73. The van der Waals surface area contributed by atoms with E-state index in [1.54, 1.807) is 0 Å². The van der Waals surface area contributed by atoms with Gasteiger partial charge in [-0.3, -0.25) is 0 Å². The molecule has 0 atom stereocenters. The minimum absolute atomic E-state index is 0.640. The van der Waals surface area contributed by atoms with E-state index < -0.39 is 0 Å². The van der Waals surface area contributed by atoms with E-state index in [0.29, 0.717) is 11.4 Å². The van der Waals surface area contributed by atoms with Crippen LogP contribution in [0.5, 0.6) is 0 Å². The summed E-state index contributed by atoms with van der Waals surface area (Å²) < 4.78 is 12.9. The van der Waals surface area contributed by atoms with Gasteiger partial charge in [0.05, 0.1) is 0 Å². The van der Waals surface area contributed by atoms with Crippen molar-refractivity contribution in [3.05, 3.63) is 158 Å². The maximum Gasteiger partial charge on any atom is 0.180 e. The van der Waals surface area contributed by atoms with Gasteiger partial charge in [0.2, 0.25) is 0 Å². The van der Waals surface area contributed by atoms with Crippen molar-refractivity contribution in [2.45, 2.75) is 0 Å². The summed E-state index contributed by atoms with van der Waals surface area (Å²) in [6.45, 7) is 0. The van der Waals surface area contributed by atoms with E-state index in [2.05, 4.69) is 103 Å². The molecule has 0 radical (unpaired) electrons. The monoisotopic (exact) mass is 614 g/mol. The second-order valence-electron chi connectivity index (χ2n) is 12.1. The third-order valence-electron chi connectivity index (χ3n) is 9.31. The number of fused-ring (bicyclic) bond motifs is 8. The lowest BCUT2D eigenvalue weighted by molar-refractivity contribution is 0.667.